The van der Waals surface area contributed by atoms with E-state index >= 15 is 0 Å². The van der Waals surface area contributed by atoms with E-state index < -0.39 is 11.9 Å². The molecule has 2 aromatic carbocycles. The molecule has 0 amide bonds. The number of aromatic hydroxyl groups is 1. The van der Waals surface area contributed by atoms with Gasteiger partial charge in [0.1, 0.15) is 5.75 Å². The van der Waals surface area contributed by atoms with Crippen molar-refractivity contribution in [1.29, 1.82) is 0 Å². The third kappa shape index (κ3) is 4.96. The molecule has 0 fully saturated rings. The number of allylic oxidation sites excluding steroid dienone is 3. The Kier molecular flexibility index (Phi) is 7.38. The summed E-state index contributed by atoms with van der Waals surface area (Å²) in [6.45, 7) is 6.06. The van der Waals surface area contributed by atoms with Crippen molar-refractivity contribution >= 4 is 11.8 Å². The van der Waals surface area contributed by atoms with Crippen molar-refractivity contribution in [3.8, 4) is 17.2 Å². The van der Waals surface area contributed by atoms with Crippen LogP contribution in [-0.2, 0) is 14.3 Å². The summed E-state index contributed by atoms with van der Waals surface area (Å²) in [5, 5.41) is 13.5. The van der Waals surface area contributed by atoms with Gasteiger partial charge in [-0.15, -0.1) is 0 Å². The van der Waals surface area contributed by atoms with Crippen LogP contribution in [0.1, 0.15) is 56.6 Å². The van der Waals surface area contributed by atoms with E-state index in [9.17, 15) is 14.7 Å². The average Bonchev–Trinajstić information content (AvgIpc) is 2.86. The number of rotatable bonds is 7. The molecule has 1 heterocycles. The summed E-state index contributed by atoms with van der Waals surface area (Å²) in [7, 11) is 3.09. The van der Waals surface area contributed by atoms with Crippen molar-refractivity contribution in [3.05, 3.63) is 76.1 Å². The van der Waals surface area contributed by atoms with E-state index in [0.29, 0.717) is 35.2 Å². The van der Waals surface area contributed by atoms with Crippen molar-refractivity contribution in [1.82, 2.24) is 5.32 Å². The van der Waals surface area contributed by atoms with Crippen molar-refractivity contribution in [2.24, 2.45) is 5.92 Å². The number of carbonyl (C=O) groups excluding carboxylic acids is 2. The van der Waals surface area contributed by atoms with E-state index in [1.165, 1.54) is 13.2 Å². The summed E-state index contributed by atoms with van der Waals surface area (Å²) >= 11 is 0. The van der Waals surface area contributed by atoms with Crippen LogP contribution < -0.4 is 14.8 Å². The van der Waals surface area contributed by atoms with E-state index in [-0.39, 0.29) is 35.7 Å². The molecule has 0 aromatic heterocycles. The SMILES string of the molecule is COc1ccc([C@@H]2CC(=O)C3=C(C2)NC(C)=C(C(=O)OCC(C)C)[C@@H]3c2ccc(O)c(OC)c2)cc1. The maximum absolute atomic E-state index is 13.7. The number of phenolic OH excluding ortho intramolecular Hbond substituents is 1. The number of esters is 1. The van der Waals surface area contributed by atoms with Gasteiger partial charge in [-0.25, -0.2) is 4.79 Å². The number of ether oxygens (including phenoxy) is 3. The molecule has 2 atom stereocenters. The highest BCUT2D eigenvalue weighted by Gasteiger charge is 2.41. The fraction of sp³-hybridized carbons (Fsp3) is 0.379. The van der Waals surface area contributed by atoms with Crippen molar-refractivity contribution in [2.45, 2.75) is 45.4 Å². The van der Waals surface area contributed by atoms with Gasteiger partial charge in [0.15, 0.2) is 17.3 Å². The predicted octanol–water partition coefficient (Wildman–Crippen LogP) is 4.97. The Labute approximate surface area is 211 Å². The number of ketones is 1. The van der Waals surface area contributed by atoms with Crippen LogP contribution >= 0.6 is 0 Å². The van der Waals surface area contributed by atoms with Crippen LogP contribution in [0.4, 0.5) is 0 Å². The molecule has 7 nitrogen and oxygen atoms in total. The predicted molar refractivity (Wildman–Crippen MR) is 136 cm³/mol. The number of dihydropyridines is 1. The zero-order valence-electron chi connectivity index (χ0n) is 21.4. The van der Waals surface area contributed by atoms with Gasteiger partial charge in [-0.2, -0.15) is 0 Å². The molecule has 2 aromatic rings. The lowest BCUT2D eigenvalue weighted by Crippen LogP contribution is -2.36. The summed E-state index contributed by atoms with van der Waals surface area (Å²) in [6.07, 6.45) is 0.955. The largest absolute Gasteiger partial charge is 0.504 e. The minimum absolute atomic E-state index is 0.00639. The van der Waals surface area contributed by atoms with Crippen LogP contribution in [0, 0.1) is 5.92 Å². The van der Waals surface area contributed by atoms with Crippen molar-refractivity contribution in [2.75, 3.05) is 20.8 Å². The van der Waals surface area contributed by atoms with E-state index in [1.54, 1.807) is 19.2 Å². The van der Waals surface area contributed by atoms with E-state index in [2.05, 4.69) is 5.32 Å². The molecule has 0 radical (unpaired) electrons. The van der Waals surface area contributed by atoms with Gasteiger partial charge in [-0.1, -0.05) is 32.0 Å². The van der Waals surface area contributed by atoms with Gasteiger partial charge in [0.2, 0.25) is 0 Å². The minimum atomic E-state index is -0.625. The third-order valence-corrected chi connectivity index (χ3v) is 6.72. The van der Waals surface area contributed by atoms with Crippen LogP contribution in [0.5, 0.6) is 17.2 Å². The first-order chi connectivity index (χ1) is 17.2. The molecule has 2 aliphatic rings. The molecule has 2 N–H and O–H groups in total. The standard InChI is InChI=1S/C29H33NO6/c1-16(2)15-36-29(33)26-17(3)30-22-12-20(18-6-9-21(34-4)10-7-18)13-24(32)28(22)27(26)19-8-11-23(31)25(14-19)35-5/h6-11,14,16,20,27,30-31H,12-13,15H2,1-5H3/t20-,27-/m0/s1. The normalized spacial score (nSPS) is 19.7. The molecule has 1 aliphatic heterocycles. The molecule has 1 aliphatic carbocycles. The lowest BCUT2D eigenvalue weighted by Gasteiger charge is -2.37. The summed E-state index contributed by atoms with van der Waals surface area (Å²) in [6, 6.07) is 12.7. The molecule has 0 saturated carbocycles. The summed E-state index contributed by atoms with van der Waals surface area (Å²) in [4.78, 5) is 27.0. The minimum Gasteiger partial charge on any atom is -0.504 e. The van der Waals surface area contributed by atoms with Gasteiger partial charge in [-0.05, 0) is 60.6 Å². The molecule has 0 bridgehead atoms. The number of methoxy groups -OCH3 is 2. The summed E-state index contributed by atoms with van der Waals surface area (Å²) in [5.74, 6) is 0.108. The van der Waals surface area contributed by atoms with Gasteiger partial charge in [-0.3, -0.25) is 4.79 Å². The zero-order chi connectivity index (χ0) is 26.0. The monoisotopic (exact) mass is 491 g/mol. The molecule has 36 heavy (non-hydrogen) atoms. The second kappa shape index (κ2) is 10.5. The second-order valence-corrected chi connectivity index (χ2v) is 9.71. The number of hydrogen-bond acceptors (Lipinski definition) is 7. The van der Waals surface area contributed by atoms with Crippen molar-refractivity contribution in [3.63, 3.8) is 0 Å². The Hall–Kier alpha value is -3.74. The molecule has 4 rings (SSSR count). The number of phenols is 1. The Bertz CT molecular complexity index is 1220. The highest BCUT2D eigenvalue weighted by molar-refractivity contribution is 6.04. The number of nitrogens with one attached hydrogen (secondary N) is 1. The van der Waals surface area contributed by atoms with Crippen LogP contribution in [0.2, 0.25) is 0 Å². The number of benzene rings is 2. The first-order valence-corrected chi connectivity index (χ1v) is 12.2. The van der Waals surface area contributed by atoms with Crippen molar-refractivity contribution < 1.29 is 28.9 Å². The molecule has 190 valence electrons. The Morgan fingerprint density at radius 1 is 1.06 bits per heavy atom. The zero-order valence-corrected chi connectivity index (χ0v) is 21.4. The van der Waals surface area contributed by atoms with Gasteiger partial charge in [0.25, 0.3) is 0 Å². The van der Waals surface area contributed by atoms with Crippen LogP contribution in [0.15, 0.2) is 65.0 Å². The highest BCUT2D eigenvalue weighted by Crippen LogP contribution is 2.47. The maximum Gasteiger partial charge on any atom is 0.336 e. The average molecular weight is 492 g/mol. The van der Waals surface area contributed by atoms with Gasteiger partial charge in [0, 0.05) is 29.3 Å². The van der Waals surface area contributed by atoms with E-state index in [1.807, 2.05) is 45.0 Å². The van der Waals surface area contributed by atoms with Gasteiger partial charge >= 0.3 is 5.97 Å². The molecule has 7 heteroatoms. The van der Waals surface area contributed by atoms with Crippen LogP contribution in [0.25, 0.3) is 0 Å². The fourth-order valence-corrected chi connectivity index (χ4v) is 4.95. The van der Waals surface area contributed by atoms with Gasteiger partial charge in [0.05, 0.1) is 26.4 Å². The van der Waals surface area contributed by atoms with Crippen LogP contribution in [0.3, 0.4) is 0 Å². The molecule has 0 saturated heterocycles. The molecular formula is C29H33NO6. The molecule has 0 unspecified atom stereocenters. The number of hydrogen-bond donors (Lipinski definition) is 2. The Morgan fingerprint density at radius 2 is 1.75 bits per heavy atom. The third-order valence-electron chi connectivity index (χ3n) is 6.72. The van der Waals surface area contributed by atoms with Gasteiger partial charge < -0.3 is 24.6 Å². The smallest absolute Gasteiger partial charge is 0.336 e. The highest BCUT2D eigenvalue weighted by atomic mass is 16.5. The van der Waals surface area contributed by atoms with Crippen LogP contribution in [-0.4, -0.2) is 37.7 Å². The molecular weight excluding hydrogens is 458 g/mol. The maximum atomic E-state index is 13.7. The second-order valence-electron chi connectivity index (χ2n) is 9.71. The summed E-state index contributed by atoms with van der Waals surface area (Å²) in [5.41, 5.74) is 4.17. The quantitative estimate of drug-likeness (QED) is 0.528. The summed E-state index contributed by atoms with van der Waals surface area (Å²) < 4.78 is 16.2. The Morgan fingerprint density at radius 3 is 2.39 bits per heavy atom. The van der Waals surface area contributed by atoms with E-state index in [4.69, 9.17) is 14.2 Å². The lowest BCUT2D eigenvalue weighted by molar-refractivity contribution is -0.140. The topological polar surface area (TPSA) is 94.1 Å². The first kappa shape index (κ1) is 25.4. The first-order valence-electron chi connectivity index (χ1n) is 12.2. The lowest BCUT2D eigenvalue weighted by atomic mass is 9.71. The van der Waals surface area contributed by atoms with E-state index in [0.717, 1.165) is 17.0 Å². The fourth-order valence-electron chi connectivity index (χ4n) is 4.95. The molecule has 0 spiro atoms. The Balaban J connectivity index is 1.77. The number of carbonyl (C=O) groups is 2. The number of Topliss-reactive ketones (excluding diaryl/α,β-unsaturated/α-hetero) is 1.